The van der Waals surface area contributed by atoms with Gasteiger partial charge in [0.25, 0.3) is 0 Å². The van der Waals surface area contributed by atoms with Crippen LogP contribution in [0.5, 0.6) is 0 Å². The number of fused-ring (bicyclic) bond motifs is 3. The van der Waals surface area contributed by atoms with Crippen molar-refractivity contribution in [1.29, 1.82) is 0 Å². The fraction of sp³-hybridized carbons (Fsp3) is 0. The maximum atomic E-state index is 11.1. The molecule has 1 aliphatic heterocycles. The van der Waals surface area contributed by atoms with Gasteiger partial charge in [-0.1, -0.05) is 0 Å². The van der Waals surface area contributed by atoms with Crippen molar-refractivity contribution in [2.45, 2.75) is 0 Å². The number of aromatic amines is 1. The molecule has 2 heterocycles. The molecule has 4 N–H and O–H groups in total. The van der Waals surface area contributed by atoms with Gasteiger partial charge >= 0.3 is 0 Å². The first-order valence-electron chi connectivity index (χ1n) is 5.02. The third-order valence-corrected chi connectivity index (χ3v) is 2.61. The number of anilines is 1. The van der Waals surface area contributed by atoms with Crippen LogP contribution >= 0.6 is 0 Å². The van der Waals surface area contributed by atoms with Crippen LogP contribution in [0.4, 0.5) is 11.4 Å². The Balaban J connectivity index is 2.23. The summed E-state index contributed by atoms with van der Waals surface area (Å²) in [6, 6.07) is 5.13. The lowest BCUT2D eigenvalue weighted by molar-refractivity contribution is 0.100. The zero-order chi connectivity index (χ0) is 11.8. The number of hydrogen-bond acceptors (Lipinski definition) is 4. The largest absolute Gasteiger partial charge is 0.366 e. The number of carbonyl (C=O) groups is 1. The number of aromatic nitrogens is 2. The molecule has 2 aromatic rings. The van der Waals surface area contributed by atoms with Crippen LogP contribution in [0.2, 0.25) is 0 Å². The summed E-state index contributed by atoms with van der Waals surface area (Å²) in [5.74, 6) is -0.468. The third-order valence-electron chi connectivity index (χ3n) is 2.61. The van der Waals surface area contributed by atoms with Gasteiger partial charge in [-0.05, 0) is 18.2 Å². The number of nitrogens with zero attached hydrogens (tertiary/aromatic N) is 2. The van der Waals surface area contributed by atoms with E-state index in [1.165, 1.54) is 0 Å². The van der Waals surface area contributed by atoms with E-state index in [0.717, 1.165) is 16.9 Å². The molecule has 0 aliphatic carbocycles. The Morgan fingerprint density at radius 1 is 1.35 bits per heavy atom. The van der Waals surface area contributed by atoms with Gasteiger partial charge in [0.2, 0.25) is 5.91 Å². The molecule has 0 saturated heterocycles. The molecule has 1 aromatic heterocycles. The van der Waals surface area contributed by atoms with E-state index >= 15 is 0 Å². The number of benzene rings is 1. The number of nitrogens with two attached hydrogens (primary N) is 1. The molecule has 0 atom stereocenters. The summed E-state index contributed by atoms with van der Waals surface area (Å²) < 4.78 is 0. The Morgan fingerprint density at radius 2 is 2.24 bits per heavy atom. The van der Waals surface area contributed by atoms with Crippen molar-refractivity contribution in [2.75, 3.05) is 5.32 Å². The smallest absolute Gasteiger partial charge is 0.248 e. The van der Waals surface area contributed by atoms with Crippen LogP contribution in [-0.4, -0.2) is 22.4 Å². The predicted octanol–water partition coefficient (Wildman–Crippen LogP) is 1.26. The molecular weight excluding hydrogens is 218 g/mol. The first kappa shape index (κ1) is 9.59. The van der Waals surface area contributed by atoms with Crippen molar-refractivity contribution >= 4 is 23.6 Å². The number of rotatable bonds is 1. The van der Waals surface area contributed by atoms with Crippen LogP contribution in [0, 0.1) is 0 Å². The molecular formula is C11H9N5O. The van der Waals surface area contributed by atoms with E-state index in [2.05, 4.69) is 20.5 Å². The Morgan fingerprint density at radius 3 is 3.06 bits per heavy atom. The van der Waals surface area contributed by atoms with Crippen molar-refractivity contribution < 1.29 is 4.79 Å². The molecule has 0 unspecified atom stereocenters. The van der Waals surface area contributed by atoms with Gasteiger partial charge in [0.15, 0.2) is 0 Å². The number of nitrogens with one attached hydrogen (secondary N) is 2. The molecule has 0 bridgehead atoms. The highest BCUT2D eigenvalue weighted by Gasteiger charge is 2.15. The first-order valence-corrected chi connectivity index (χ1v) is 5.02. The average molecular weight is 227 g/mol. The lowest BCUT2D eigenvalue weighted by Crippen LogP contribution is -2.10. The van der Waals surface area contributed by atoms with Gasteiger partial charge in [-0.2, -0.15) is 5.10 Å². The molecule has 3 rings (SSSR count). The van der Waals surface area contributed by atoms with E-state index in [1.807, 2.05) is 0 Å². The van der Waals surface area contributed by atoms with Crippen molar-refractivity contribution in [1.82, 2.24) is 10.2 Å². The highest BCUT2D eigenvalue weighted by atomic mass is 16.1. The minimum absolute atomic E-state index is 0.434. The minimum atomic E-state index is -0.468. The zero-order valence-corrected chi connectivity index (χ0v) is 8.77. The Hall–Kier alpha value is -2.63. The number of hydrogen-bond donors (Lipinski definition) is 3. The predicted molar refractivity (Wildman–Crippen MR) is 64.3 cm³/mol. The second-order valence-electron chi connectivity index (χ2n) is 3.66. The van der Waals surface area contributed by atoms with Crippen LogP contribution in [0.25, 0.3) is 11.3 Å². The fourth-order valence-electron chi connectivity index (χ4n) is 1.78. The van der Waals surface area contributed by atoms with Gasteiger partial charge in [-0.15, -0.1) is 0 Å². The van der Waals surface area contributed by atoms with E-state index in [-0.39, 0.29) is 0 Å². The highest BCUT2D eigenvalue weighted by Crippen LogP contribution is 2.35. The molecule has 1 aromatic carbocycles. The quantitative estimate of drug-likeness (QED) is 0.684. The number of aliphatic imine (C=N–C) groups is 1. The van der Waals surface area contributed by atoms with Crippen molar-refractivity contribution in [3.05, 3.63) is 30.0 Å². The van der Waals surface area contributed by atoms with Gasteiger partial charge in [0, 0.05) is 11.1 Å². The number of amides is 1. The standard InChI is InChI=1S/C11H9N5O/c12-11(17)6-1-2-7-8(3-6)13-5-14-9-4-15-16-10(7)9/h1-5H,(H2,12,17)(H,13,14)(H,15,16). The average Bonchev–Trinajstić information content (AvgIpc) is 2.71. The zero-order valence-electron chi connectivity index (χ0n) is 8.77. The highest BCUT2D eigenvalue weighted by molar-refractivity contribution is 5.98. The lowest BCUT2D eigenvalue weighted by Gasteiger charge is -2.04. The van der Waals surface area contributed by atoms with Gasteiger partial charge in [0.05, 0.1) is 29.6 Å². The van der Waals surface area contributed by atoms with Crippen LogP contribution in [0.15, 0.2) is 29.4 Å². The second kappa shape index (κ2) is 3.44. The summed E-state index contributed by atoms with van der Waals surface area (Å²) >= 11 is 0. The SMILES string of the molecule is NC(=O)c1ccc2c(c1)N=CNc1cn[nH]c1-2. The van der Waals surface area contributed by atoms with E-state index in [4.69, 9.17) is 5.73 Å². The molecule has 6 nitrogen and oxygen atoms in total. The molecule has 84 valence electrons. The lowest BCUT2D eigenvalue weighted by atomic mass is 10.1. The van der Waals surface area contributed by atoms with E-state index in [9.17, 15) is 4.79 Å². The van der Waals surface area contributed by atoms with Crippen molar-refractivity contribution in [3.63, 3.8) is 0 Å². The second-order valence-corrected chi connectivity index (χ2v) is 3.66. The first-order chi connectivity index (χ1) is 8.25. The minimum Gasteiger partial charge on any atom is -0.366 e. The van der Waals surface area contributed by atoms with Gasteiger partial charge < -0.3 is 11.1 Å². The van der Waals surface area contributed by atoms with E-state index in [0.29, 0.717) is 11.3 Å². The van der Waals surface area contributed by atoms with Crippen LogP contribution < -0.4 is 11.1 Å². The van der Waals surface area contributed by atoms with Gasteiger partial charge in [-0.25, -0.2) is 4.99 Å². The van der Waals surface area contributed by atoms with Crippen molar-refractivity contribution in [2.24, 2.45) is 10.7 Å². The summed E-state index contributed by atoms with van der Waals surface area (Å²) in [6.45, 7) is 0. The number of primary amides is 1. The summed E-state index contributed by atoms with van der Waals surface area (Å²) in [7, 11) is 0. The molecule has 17 heavy (non-hydrogen) atoms. The normalized spacial score (nSPS) is 12.2. The van der Waals surface area contributed by atoms with Gasteiger partial charge in [-0.3, -0.25) is 9.89 Å². The van der Waals surface area contributed by atoms with Crippen LogP contribution in [-0.2, 0) is 0 Å². The Bertz CT molecular complexity index is 629. The summed E-state index contributed by atoms with van der Waals surface area (Å²) in [5, 5.41) is 9.85. The summed E-state index contributed by atoms with van der Waals surface area (Å²) in [4.78, 5) is 15.3. The summed E-state index contributed by atoms with van der Waals surface area (Å²) in [6.07, 6.45) is 3.24. The van der Waals surface area contributed by atoms with Gasteiger partial charge in [0.1, 0.15) is 0 Å². The van der Waals surface area contributed by atoms with Crippen LogP contribution in [0.1, 0.15) is 10.4 Å². The maximum absolute atomic E-state index is 11.1. The number of H-pyrrole nitrogens is 1. The molecule has 0 saturated carbocycles. The molecule has 1 aliphatic rings. The Kier molecular flexibility index (Phi) is 1.94. The molecule has 0 radical (unpaired) electrons. The van der Waals surface area contributed by atoms with Crippen LogP contribution in [0.3, 0.4) is 0 Å². The molecule has 1 amide bonds. The molecule has 0 fully saturated rings. The Labute approximate surface area is 96.6 Å². The van der Waals surface area contributed by atoms with Crippen molar-refractivity contribution in [3.8, 4) is 11.3 Å². The topological polar surface area (TPSA) is 96.2 Å². The molecule has 0 spiro atoms. The third kappa shape index (κ3) is 1.46. The summed E-state index contributed by atoms with van der Waals surface area (Å²) in [5.41, 5.74) is 8.91. The molecule has 6 heteroatoms. The van der Waals surface area contributed by atoms with E-state index < -0.39 is 5.91 Å². The fourth-order valence-corrected chi connectivity index (χ4v) is 1.78. The van der Waals surface area contributed by atoms with E-state index in [1.54, 1.807) is 30.7 Å². The number of carbonyl (C=O) groups excluding carboxylic acids is 1. The monoisotopic (exact) mass is 227 g/mol. The maximum Gasteiger partial charge on any atom is 0.248 e.